The van der Waals surface area contributed by atoms with Gasteiger partial charge in [0.15, 0.2) is 10.1 Å². The van der Waals surface area contributed by atoms with E-state index in [1.54, 1.807) is 24.3 Å². The van der Waals surface area contributed by atoms with Crippen LogP contribution in [0.25, 0.3) is 22.9 Å². The third kappa shape index (κ3) is 4.54. The molecule has 0 bridgehead atoms. The van der Waals surface area contributed by atoms with Crippen molar-refractivity contribution < 1.29 is 54.0 Å². The zero-order valence-electron chi connectivity index (χ0n) is 17.6. The van der Waals surface area contributed by atoms with Gasteiger partial charge in [0.1, 0.15) is 5.75 Å². The van der Waals surface area contributed by atoms with Gasteiger partial charge in [-0.3, -0.25) is 0 Å². The van der Waals surface area contributed by atoms with E-state index in [0.717, 1.165) is 40.8 Å². The molecular weight excluding hydrogens is 515 g/mol. The van der Waals surface area contributed by atoms with Crippen LogP contribution >= 0.6 is 0 Å². The fourth-order valence-corrected chi connectivity index (χ4v) is 4.00. The highest BCUT2D eigenvalue weighted by Gasteiger charge is 2.63. The summed E-state index contributed by atoms with van der Waals surface area (Å²) in [6.07, 6.45) is -6.83. The van der Waals surface area contributed by atoms with E-state index in [-0.39, 0.29) is 11.3 Å². The monoisotopic (exact) mass is 527 g/mol. The average molecular weight is 527 g/mol. The molecule has 1 atom stereocenters. The molecule has 0 N–H and O–H groups in total. The van der Waals surface area contributed by atoms with Crippen molar-refractivity contribution in [3.8, 4) is 5.75 Å². The number of benzene rings is 3. The number of halogens is 5. The van der Waals surface area contributed by atoms with Gasteiger partial charge in [-0.25, -0.2) is 18.0 Å². The second-order valence-corrected chi connectivity index (χ2v) is 9.01. The van der Waals surface area contributed by atoms with Crippen LogP contribution in [-0.4, -0.2) is 42.4 Å². The molecule has 0 aliphatic heterocycles. The van der Waals surface area contributed by atoms with E-state index in [4.69, 9.17) is 4.74 Å². The van der Waals surface area contributed by atoms with Crippen molar-refractivity contribution in [2.24, 2.45) is 0 Å². The minimum atomic E-state index is -6.82. The minimum absolute atomic E-state index is 0.141. The second kappa shape index (κ2) is 8.68. The fourth-order valence-electron chi connectivity index (χ4n) is 3.55. The Morgan fingerprint density at radius 3 is 2.03 bits per heavy atom. The van der Waals surface area contributed by atoms with Crippen molar-refractivity contribution in [1.82, 2.24) is 0 Å². The summed E-state index contributed by atoms with van der Waals surface area (Å²) >= 11 is 0. The molecule has 0 saturated heterocycles. The molecule has 4 rings (SSSR count). The molecule has 7 nitrogen and oxygen atoms in total. The Morgan fingerprint density at radius 1 is 0.833 bits per heavy atom. The molecule has 0 radical (unpaired) electrons. The Hall–Kier alpha value is -3.84. The number of carbonyl (C=O) groups excluding carboxylic acids is 2. The maximum absolute atomic E-state index is 13.5. The summed E-state index contributed by atoms with van der Waals surface area (Å²) in [4.78, 5) is 24.7. The Kier molecular flexibility index (Phi) is 6.09. The van der Waals surface area contributed by atoms with Crippen LogP contribution in [0.3, 0.4) is 0 Å². The van der Waals surface area contributed by atoms with Crippen molar-refractivity contribution in [2.45, 2.75) is 17.5 Å². The zero-order chi connectivity index (χ0) is 26.5. The van der Waals surface area contributed by atoms with Crippen LogP contribution in [0.1, 0.15) is 31.8 Å². The molecule has 0 spiro atoms. The van der Waals surface area contributed by atoms with Crippen molar-refractivity contribution >= 4 is 45.0 Å². The third-order valence-corrected chi connectivity index (χ3v) is 6.11. The van der Waals surface area contributed by atoms with E-state index in [1.165, 1.54) is 0 Å². The Labute approximate surface area is 199 Å². The minimum Gasteiger partial charge on any atom is -0.743 e. The van der Waals surface area contributed by atoms with E-state index in [2.05, 4.69) is 4.74 Å². The average Bonchev–Trinajstić information content (AvgIpc) is 3.21. The summed E-state index contributed by atoms with van der Waals surface area (Å²) in [6.45, 7) is 0. The molecule has 1 aliphatic rings. The van der Waals surface area contributed by atoms with Gasteiger partial charge in [0.05, 0.1) is 11.1 Å². The normalized spacial score (nSPS) is 14.1. The standard InChI is InChI=1S/C23H13F5O7S/c24-22(25,26)21(23(27,28)36(31,32)33)35-19(29)14-6-9-15(10-7-14)34-20(30)17-11-8-13-5-4-12-2-1-3-16(17)18(12)13/h1-11,21H,(H,31,32,33)/p-1. The Bertz CT molecular complexity index is 1500. The Morgan fingerprint density at radius 2 is 1.44 bits per heavy atom. The zero-order valence-corrected chi connectivity index (χ0v) is 18.4. The first-order valence-electron chi connectivity index (χ1n) is 9.87. The van der Waals surface area contributed by atoms with Crippen LogP contribution < -0.4 is 4.74 Å². The molecule has 0 fully saturated rings. The van der Waals surface area contributed by atoms with Crippen LogP contribution in [0.2, 0.25) is 0 Å². The van der Waals surface area contributed by atoms with E-state index >= 15 is 0 Å². The van der Waals surface area contributed by atoms with Crippen molar-refractivity contribution in [1.29, 1.82) is 0 Å². The molecule has 3 aromatic rings. The van der Waals surface area contributed by atoms with Crippen LogP contribution in [-0.2, 0) is 14.9 Å². The van der Waals surface area contributed by atoms with Gasteiger partial charge in [0.2, 0.25) is 0 Å². The quantitative estimate of drug-likeness (QED) is 0.154. The summed E-state index contributed by atoms with van der Waals surface area (Å²) in [5.41, 5.74) is 1.33. The van der Waals surface area contributed by atoms with Crippen molar-refractivity contribution in [3.63, 3.8) is 0 Å². The summed E-state index contributed by atoms with van der Waals surface area (Å²) < 4.78 is 107. The number of rotatable bonds is 6. The van der Waals surface area contributed by atoms with Crippen molar-refractivity contribution in [3.05, 3.63) is 76.9 Å². The van der Waals surface area contributed by atoms with Crippen LogP contribution in [0, 0.1) is 0 Å². The van der Waals surface area contributed by atoms with Gasteiger partial charge < -0.3 is 14.0 Å². The number of alkyl halides is 5. The molecule has 0 saturated carbocycles. The summed E-state index contributed by atoms with van der Waals surface area (Å²) in [6, 6.07) is 12.2. The third-order valence-electron chi connectivity index (χ3n) is 5.23. The van der Waals surface area contributed by atoms with Gasteiger partial charge in [-0.15, -0.1) is 0 Å². The number of hydrogen-bond donors (Lipinski definition) is 0. The topological polar surface area (TPSA) is 110 Å². The van der Waals surface area contributed by atoms with Crippen LogP contribution in [0.4, 0.5) is 22.0 Å². The van der Waals surface area contributed by atoms with E-state index in [0.29, 0.717) is 5.39 Å². The van der Waals surface area contributed by atoms with E-state index in [9.17, 15) is 44.5 Å². The first-order chi connectivity index (χ1) is 16.7. The van der Waals surface area contributed by atoms with Gasteiger partial charge in [-0.2, -0.15) is 22.0 Å². The van der Waals surface area contributed by atoms with Crippen LogP contribution in [0.15, 0.2) is 54.6 Å². The lowest BCUT2D eigenvalue weighted by Gasteiger charge is -2.29. The molecule has 13 heteroatoms. The Balaban J connectivity index is 1.52. The summed E-state index contributed by atoms with van der Waals surface area (Å²) in [5.74, 6) is -2.91. The number of hydrogen-bond acceptors (Lipinski definition) is 7. The predicted molar refractivity (Wildman–Crippen MR) is 114 cm³/mol. The van der Waals surface area contributed by atoms with Gasteiger partial charge in [0.25, 0.3) is 6.10 Å². The largest absolute Gasteiger partial charge is 0.743 e. The first kappa shape index (κ1) is 25.3. The first-order valence-corrected chi connectivity index (χ1v) is 11.3. The molecule has 36 heavy (non-hydrogen) atoms. The summed E-state index contributed by atoms with van der Waals surface area (Å²) in [7, 11) is -6.82. The molecular formula is C23H12F5O7S-. The second-order valence-electron chi connectivity index (χ2n) is 7.56. The van der Waals surface area contributed by atoms with Gasteiger partial charge in [0, 0.05) is 0 Å². The highest BCUT2D eigenvalue weighted by Crippen LogP contribution is 2.38. The highest BCUT2D eigenvalue weighted by molar-refractivity contribution is 7.86. The lowest BCUT2D eigenvalue weighted by Crippen LogP contribution is -2.52. The smallest absolute Gasteiger partial charge is 0.432 e. The van der Waals surface area contributed by atoms with E-state index in [1.807, 2.05) is 18.2 Å². The van der Waals surface area contributed by atoms with Gasteiger partial charge in [-0.05, 0) is 52.2 Å². The summed E-state index contributed by atoms with van der Waals surface area (Å²) in [5, 5.41) is -4.50. The van der Waals surface area contributed by atoms with E-state index < -0.39 is 45.2 Å². The SMILES string of the molecule is O=C(OC(C(F)(F)F)C(F)(F)S(=O)(=O)[O-])c1ccc(OC(=O)c2ccc3c4c(cccc24)C=C3)cc1. The number of esters is 2. The van der Waals surface area contributed by atoms with Crippen molar-refractivity contribution in [2.75, 3.05) is 0 Å². The molecule has 0 aromatic heterocycles. The maximum atomic E-state index is 13.5. The van der Waals surface area contributed by atoms with Gasteiger partial charge >= 0.3 is 23.4 Å². The lowest BCUT2D eigenvalue weighted by molar-refractivity contribution is -0.248. The molecule has 3 aromatic carbocycles. The molecule has 0 amide bonds. The molecule has 1 aliphatic carbocycles. The number of carbonyl (C=O) groups is 2. The predicted octanol–water partition coefficient (Wildman–Crippen LogP) is 4.77. The molecule has 1 unspecified atom stereocenters. The van der Waals surface area contributed by atoms with Crippen LogP contribution in [0.5, 0.6) is 5.75 Å². The lowest BCUT2D eigenvalue weighted by atomic mass is 9.99. The van der Waals surface area contributed by atoms with Gasteiger partial charge in [-0.1, -0.05) is 36.4 Å². The maximum Gasteiger partial charge on any atom is 0.432 e. The number of ether oxygens (including phenoxy) is 2. The molecule has 188 valence electrons. The fraction of sp³-hybridized carbons (Fsp3) is 0.130. The highest BCUT2D eigenvalue weighted by atomic mass is 32.2. The molecule has 0 heterocycles.